The second-order valence-corrected chi connectivity index (χ2v) is 12.1. The molecule has 3 aliphatic rings. The smallest absolute Gasteiger partial charge is 0.163 e. The van der Waals surface area contributed by atoms with Crippen molar-refractivity contribution < 1.29 is 19.1 Å². The lowest BCUT2D eigenvalue weighted by Gasteiger charge is -2.37. The van der Waals surface area contributed by atoms with Crippen molar-refractivity contribution in [3.63, 3.8) is 0 Å². The Morgan fingerprint density at radius 1 is 0.929 bits per heavy atom. The number of morpholine rings is 1. The van der Waals surface area contributed by atoms with Crippen LogP contribution in [0.5, 0.6) is 0 Å². The first-order valence-electron chi connectivity index (χ1n) is 15.7. The number of ether oxygens (including phenoxy) is 2. The molecule has 2 saturated heterocycles. The molecule has 2 heterocycles. The minimum Gasteiger partial charge on any atom is -0.381 e. The topological polar surface area (TPSA) is 59.1 Å². The van der Waals surface area contributed by atoms with E-state index in [1.165, 1.54) is 5.56 Å². The van der Waals surface area contributed by atoms with Crippen LogP contribution in [-0.2, 0) is 20.8 Å². The van der Waals surface area contributed by atoms with Crippen molar-refractivity contribution >= 4 is 17.3 Å². The van der Waals surface area contributed by atoms with Gasteiger partial charge in [-0.15, -0.1) is 0 Å². The Morgan fingerprint density at radius 2 is 1.62 bits per heavy atom. The van der Waals surface area contributed by atoms with E-state index in [2.05, 4.69) is 66.1 Å². The molecule has 0 radical (unpaired) electrons. The summed E-state index contributed by atoms with van der Waals surface area (Å²) in [6, 6.07) is 13.5. The number of ketones is 2. The van der Waals surface area contributed by atoms with Crippen molar-refractivity contribution in [3.05, 3.63) is 76.4 Å². The summed E-state index contributed by atoms with van der Waals surface area (Å²) in [5.74, 6) is 0.00347. The maximum atomic E-state index is 13.9. The third-order valence-corrected chi connectivity index (χ3v) is 9.14. The molecule has 2 aromatic rings. The largest absolute Gasteiger partial charge is 0.381 e. The molecular formula is C36H46N2O4. The summed E-state index contributed by atoms with van der Waals surface area (Å²) in [7, 11) is 0. The zero-order valence-corrected chi connectivity index (χ0v) is 25.8. The number of benzene rings is 2. The van der Waals surface area contributed by atoms with E-state index in [4.69, 9.17) is 9.47 Å². The average Bonchev–Trinajstić information content (AvgIpc) is 2.99. The van der Waals surface area contributed by atoms with E-state index in [-0.39, 0.29) is 17.5 Å². The summed E-state index contributed by atoms with van der Waals surface area (Å²) in [6.07, 6.45) is 6.63. The van der Waals surface area contributed by atoms with Crippen LogP contribution in [0, 0.1) is 12.8 Å². The molecule has 0 N–H and O–H groups in total. The van der Waals surface area contributed by atoms with Crippen molar-refractivity contribution in [3.8, 4) is 11.1 Å². The van der Waals surface area contributed by atoms with Gasteiger partial charge in [-0.05, 0) is 93.0 Å². The third-order valence-electron chi connectivity index (χ3n) is 9.14. The molecule has 1 atom stereocenters. The second-order valence-electron chi connectivity index (χ2n) is 12.1. The highest BCUT2D eigenvalue weighted by atomic mass is 16.5. The zero-order valence-electron chi connectivity index (χ0n) is 25.8. The maximum Gasteiger partial charge on any atom is 0.163 e. The van der Waals surface area contributed by atoms with Crippen molar-refractivity contribution in [1.82, 2.24) is 4.90 Å². The Balaban J connectivity index is 1.44. The fourth-order valence-electron chi connectivity index (χ4n) is 6.73. The third kappa shape index (κ3) is 7.11. The van der Waals surface area contributed by atoms with Crippen LogP contribution >= 0.6 is 0 Å². The minimum atomic E-state index is -0.214. The van der Waals surface area contributed by atoms with E-state index < -0.39 is 0 Å². The van der Waals surface area contributed by atoms with E-state index in [1.54, 1.807) is 6.08 Å². The highest BCUT2D eigenvalue weighted by molar-refractivity contribution is 6.01. The minimum absolute atomic E-state index is 0.106. The predicted octanol–water partition coefficient (Wildman–Crippen LogP) is 6.55. The van der Waals surface area contributed by atoms with E-state index in [1.807, 2.05) is 13.8 Å². The fourth-order valence-corrected chi connectivity index (χ4v) is 6.73. The Morgan fingerprint density at radius 3 is 2.29 bits per heavy atom. The van der Waals surface area contributed by atoms with Crippen LogP contribution in [0.15, 0.2) is 59.7 Å². The Kier molecular flexibility index (Phi) is 10.1. The normalized spacial score (nSPS) is 20.3. The molecule has 0 spiro atoms. The summed E-state index contributed by atoms with van der Waals surface area (Å²) in [6.45, 7) is 15.1. The Labute approximate surface area is 251 Å². The van der Waals surface area contributed by atoms with E-state index in [0.717, 1.165) is 105 Å². The van der Waals surface area contributed by atoms with Crippen molar-refractivity contribution in [2.45, 2.75) is 66.0 Å². The SMILES string of the molecule is CCN(c1cc(-c2ccc(CN3CCOCC3)cc2)cc(C(=O)CCC2C(=O)C=C(C)C=C2C)c1C)C1CCOCC1. The van der Waals surface area contributed by atoms with Crippen LogP contribution in [-0.4, -0.2) is 68.6 Å². The average molecular weight is 571 g/mol. The van der Waals surface area contributed by atoms with Gasteiger partial charge in [-0.25, -0.2) is 0 Å². The van der Waals surface area contributed by atoms with E-state index >= 15 is 0 Å². The molecule has 0 saturated carbocycles. The van der Waals surface area contributed by atoms with Crippen LogP contribution in [0.25, 0.3) is 11.1 Å². The van der Waals surface area contributed by atoms with Gasteiger partial charge in [0.05, 0.1) is 13.2 Å². The van der Waals surface area contributed by atoms with Crippen LogP contribution in [0.4, 0.5) is 5.69 Å². The highest BCUT2D eigenvalue weighted by Gasteiger charge is 2.27. The first-order valence-corrected chi connectivity index (χ1v) is 15.7. The summed E-state index contributed by atoms with van der Waals surface area (Å²) < 4.78 is 11.2. The molecule has 2 aliphatic heterocycles. The first-order chi connectivity index (χ1) is 20.3. The predicted molar refractivity (Wildman–Crippen MR) is 169 cm³/mol. The molecular weight excluding hydrogens is 524 g/mol. The number of hydrogen-bond acceptors (Lipinski definition) is 6. The molecule has 2 fully saturated rings. The quantitative estimate of drug-likeness (QED) is 0.302. The van der Waals surface area contributed by atoms with Crippen LogP contribution in [0.1, 0.15) is 67.9 Å². The van der Waals surface area contributed by atoms with Gasteiger partial charge in [0, 0.05) is 69.0 Å². The van der Waals surface area contributed by atoms with Gasteiger partial charge >= 0.3 is 0 Å². The van der Waals surface area contributed by atoms with Crippen molar-refractivity contribution in [2.24, 2.45) is 5.92 Å². The van der Waals surface area contributed by atoms with Crippen LogP contribution in [0.3, 0.4) is 0 Å². The Bertz CT molecular complexity index is 1330. The van der Waals surface area contributed by atoms with Gasteiger partial charge in [0.2, 0.25) is 0 Å². The number of anilines is 1. The lowest BCUT2D eigenvalue weighted by Crippen LogP contribution is -2.40. The van der Waals surface area contributed by atoms with Gasteiger partial charge in [0.15, 0.2) is 11.6 Å². The lowest BCUT2D eigenvalue weighted by molar-refractivity contribution is -0.117. The van der Waals surface area contributed by atoms with Gasteiger partial charge < -0.3 is 14.4 Å². The number of Topliss-reactive ketones (excluding diaryl/α,β-unsaturated/α-hetero) is 1. The van der Waals surface area contributed by atoms with Crippen LogP contribution in [0.2, 0.25) is 0 Å². The number of hydrogen-bond donors (Lipinski definition) is 0. The molecule has 0 bridgehead atoms. The number of carbonyl (C=O) groups is 2. The van der Waals surface area contributed by atoms with Crippen molar-refractivity contribution in [2.75, 3.05) is 51.0 Å². The number of carbonyl (C=O) groups excluding carboxylic acids is 2. The maximum absolute atomic E-state index is 13.9. The van der Waals surface area contributed by atoms with Gasteiger partial charge in [-0.3, -0.25) is 14.5 Å². The Hall–Kier alpha value is -3.06. The summed E-state index contributed by atoms with van der Waals surface area (Å²) in [4.78, 5) is 31.5. The number of nitrogens with zero attached hydrogens (tertiary/aromatic N) is 2. The summed E-state index contributed by atoms with van der Waals surface area (Å²) in [5, 5.41) is 0. The van der Waals surface area contributed by atoms with Gasteiger partial charge in [0.25, 0.3) is 0 Å². The van der Waals surface area contributed by atoms with Gasteiger partial charge in [-0.2, -0.15) is 0 Å². The van der Waals surface area contributed by atoms with Gasteiger partial charge in [-0.1, -0.05) is 35.9 Å². The molecule has 5 rings (SSSR count). The highest BCUT2D eigenvalue weighted by Crippen LogP contribution is 2.35. The van der Waals surface area contributed by atoms with E-state index in [9.17, 15) is 9.59 Å². The molecule has 1 aliphatic carbocycles. The molecule has 1 unspecified atom stereocenters. The molecule has 6 nitrogen and oxygen atoms in total. The monoisotopic (exact) mass is 570 g/mol. The molecule has 6 heteroatoms. The molecule has 0 amide bonds. The first kappa shape index (κ1) is 30.4. The number of allylic oxidation sites excluding steroid dienone is 4. The summed E-state index contributed by atoms with van der Waals surface area (Å²) >= 11 is 0. The molecule has 224 valence electrons. The number of rotatable bonds is 10. The molecule has 0 aromatic heterocycles. The van der Waals surface area contributed by atoms with Gasteiger partial charge in [0.1, 0.15) is 0 Å². The second kappa shape index (κ2) is 13.9. The van der Waals surface area contributed by atoms with Crippen molar-refractivity contribution in [1.29, 1.82) is 0 Å². The standard InChI is InChI=1S/C36H46N2O4/c1-5-38(31-12-16-41-17-13-31)34-23-30(29-8-6-28(7-9-29)24-37-14-18-42-19-15-37)22-33(27(34)4)35(39)11-10-32-26(3)20-25(2)21-36(32)40/h6-9,20-23,31-32H,5,10-19,24H2,1-4H3. The molecule has 42 heavy (non-hydrogen) atoms. The molecule has 2 aromatic carbocycles. The zero-order chi connectivity index (χ0) is 29.6. The van der Waals surface area contributed by atoms with E-state index in [0.29, 0.717) is 18.9 Å². The lowest BCUT2D eigenvalue weighted by atomic mass is 9.84. The fraction of sp³-hybridized carbons (Fsp3) is 0.500. The summed E-state index contributed by atoms with van der Waals surface area (Å²) in [5.41, 5.74) is 8.41. The van der Waals surface area contributed by atoms with Crippen LogP contribution < -0.4 is 4.90 Å².